The molecule has 6 heteroatoms. The molecule has 20 heavy (non-hydrogen) atoms. The molecule has 1 N–H and O–H groups in total. The average Bonchev–Trinajstić information content (AvgIpc) is 2.41. The van der Waals surface area contributed by atoms with Gasteiger partial charge in [-0.25, -0.2) is 12.8 Å². The minimum Gasteiger partial charge on any atom is -0.280 e. The van der Waals surface area contributed by atoms with Crippen molar-refractivity contribution in [2.24, 2.45) is 0 Å². The van der Waals surface area contributed by atoms with E-state index in [4.69, 9.17) is 11.6 Å². The van der Waals surface area contributed by atoms with Crippen LogP contribution in [0.4, 0.5) is 10.1 Å². The van der Waals surface area contributed by atoms with Gasteiger partial charge in [0.25, 0.3) is 10.0 Å². The van der Waals surface area contributed by atoms with Crippen molar-refractivity contribution in [1.29, 1.82) is 0 Å². The van der Waals surface area contributed by atoms with Crippen LogP contribution < -0.4 is 4.72 Å². The summed E-state index contributed by atoms with van der Waals surface area (Å²) in [6.45, 7) is 0. The van der Waals surface area contributed by atoms with Crippen molar-refractivity contribution in [1.82, 2.24) is 0 Å². The predicted molar refractivity (Wildman–Crippen MR) is 79.4 cm³/mol. The standard InChI is InChI=1S/C14H11ClFNO2S/c15-12-3-1-11(2-4-12)9-10-20(18,19)17-14-7-5-13(16)6-8-14/h1-10,17H/b10-9+. The zero-order valence-corrected chi connectivity index (χ0v) is 11.8. The molecule has 0 aromatic heterocycles. The summed E-state index contributed by atoms with van der Waals surface area (Å²) in [6.07, 6.45) is 1.45. The predicted octanol–water partition coefficient (Wildman–Crippen LogP) is 3.89. The lowest BCUT2D eigenvalue weighted by atomic mass is 10.2. The van der Waals surface area contributed by atoms with Gasteiger partial charge in [0.05, 0.1) is 5.41 Å². The summed E-state index contributed by atoms with van der Waals surface area (Å²) in [5, 5.41) is 1.62. The normalized spacial score (nSPS) is 11.7. The number of hydrogen-bond acceptors (Lipinski definition) is 2. The third-order valence-electron chi connectivity index (χ3n) is 2.41. The molecule has 0 saturated heterocycles. The van der Waals surface area contributed by atoms with Crippen LogP contribution >= 0.6 is 11.6 Å². The number of benzene rings is 2. The number of rotatable bonds is 4. The van der Waals surface area contributed by atoms with Crippen LogP contribution in [0.5, 0.6) is 0 Å². The molecule has 0 aliphatic rings. The maximum absolute atomic E-state index is 12.7. The second-order valence-corrected chi connectivity index (χ2v) is 6.01. The van der Waals surface area contributed by atoms with Gasteiger partial charge in [-0.1, -0.05) is 23.7 Å². The fourth-order valence-corrected chi connectivity index (χ4v) is 2.45. The van der Waals surface area contributed by atoms with Gasteiger partial charge < -0.3 is 0 Å². The second kappa shape index (κ2) is 6.07. The molecule has 0 aliphatic carbocycles. The van der Waals surface area contributed by atoms with Crippen LogP contribution in [0.2, 0.25) is 5.02 Å². The zero-order valence-electron chi connectivity index (χ0n) is 10.3. The average molecular weight is 312 g/mol. The van der Waals surface area contributed by atoms with E-state index in [2.05, 4.69) is 4.72 Å². The summed E-state index contributed by atoms with van der Waals surface area (Å²) in [5.41, 5.74) is 1.01. The molecular formula is C14H11ClFNO2S. The van der Waals surface area contributed by atoms with Crippen molar-refractivity contribution in [3.05, 3.63) is 70.3 Å². The van der Waals surface area contributed by atoms with Gasteiger partial charge in [-0.2, -0.15) is 0 Å². The van der Waals surface area contributed by atoms with Gasteiger partial charge in [0.2, 0.25) is 0 Å². The molecule has 0 heterocycles. The van der Waals surface area contributed by atoms with E-state index >= 15 is 0 Å². The molecule has 0 spiro atoms. The summed E-state index contributed by atoms with van der Waals surface area (Å²) in [7, 11) is -3.64. The largest absolute Gasteiger partial charge is 0.280 e. The number of halogens is 2. The number of hydrogen-bond donors (Lipinski definition) is 1. The Morgan fingerprint density at radius 3 is 2.20 bits per heavy atom. The van der Waals surface area contributed by atoms with Crippen LogP contribution in [0.3, 0.4) is 0 Å². The Morgan fingerprint density at radius 2 is 1.60 bits per heavy atom. The van der Waals surface area contributed by atoms with Crippen LogP contribution in [0.15, 0.2) is 53.9 Å². The first-order chi connectivity index (χ1) is 9.44. The molecule has 0 amide bonds. The third kappa shape index (κ3) is 4.36. The van der Waals surface area contributed by atoms with Gasteiger partial charge in [0.15, 0.2) is 0 Å². The number of nitrogens with one attached hydrogen (secondary N) is 1. The lowest BCUT2D eigenvalue weighted by Gasteiger charge is -2.03. The van der Waals surface area contributed by atoms with Crippen LogP contribution in [0.25, 0.3) is 6.08 Å². The van der Waals surface area contributed by atoms with Crippen molar-refractivity contribution >= 4 is 33.4 Å². The van der Waals surface area contributed by atoms with Gasteiger partial charge in [0.1, 0.15) is 5.82 Å². The first-order valence-corrected chi connectivity index (χ1v) is 7.59. The van der Waals surface area contributed by atoms with Gasteiger partial charge >= 0.3 is 0 Å². The highest BCUT2D eigenvalue weighted by atomic mass is 35.5. The number of sulfonamides is 1. The summed E-state index contributed by atoms with van der Waals surface area (Å²) >= 11 is 5.74. The first-order valence-electron chi connectivity index (χ1n) is 5.67. The Labute approximate surface area is 121 Å². The molecule has 0 atom stereocenters. The maximum atomic E-state index is 12.7. The maximum Gasteiger partial charge on any atom is 0.255 e. The van der Waals surface area contributed by atoms with Crippen LogP contribution in [0.1, 0.15) is 5.56 Å². The third-order valence-corrected chi connectivity index (χ3v) is 3.68. The van der Waals surface area contributed by atoms with Crippen molar-refractivity contribution in [3.8, 4) is 0 Å². The Hall–Kier alpha value is -1.85. The molecule has 0 unspecified atom stereocenters. The van der Waals surface area contributed by atoms with Crippen molar-refractivity contribution in [2.45, 2.75) is 0 Å². The van der Waals surface area contributed by atoms with Crippen LogP contribution in [-0.2, 0) is 10.0 Å². The van der Waals surface area contributed by atoms with E-state index < -0.39 is 15.8 Å². The van der Waals surface area contributed by atoms with Crippen molar-refractivity contribution < 1.29 is 12.8 Å². The molecule has 0 fully saturated rings. The van der Waals surface area contributed by atoms with E-state index in [1.54, 1.807) is 24.3 Å². The highest BCUT2D eigenvalue weighted by molar-refractivity contribution is 7.95. The summed E-state index contributed by atoms with van der Waals surface area (Å²) in [4.78, 5) is 0. The Morgan fingerprint density at radius 1 is 1.00 bits per heavy atom. The van der Waals surface area contributed by atoms with Crippen molar-refractivity contribution in [2.75, 3.05) is 4.72 Å². The van der Waals surface area contributed by atoms with Gasteiger partial charge in [-0.05, 0) is 48.0 Å². The molecular weight excluding hydrogens is 301 g/mol. The summed E-state index contributed by atoms with van der Waals surface area (Å²) in [5.74, 6) is -0.426. The van der Waals surface area contributed by atoms with Gasteiger partial charge in [0, 0.05) is 10.7 Å². The minimum atomic E-state index is -3.64. The first kappa shape index (κ1) is 14.6. The second-order valence-electron chi connectivity index (χ2n) is 4.01. The van der Waals surface area contributed by atoms with Crippen molar-refractivity contribution in [3.63, 3.8) is 0 Å². The Kier molecular flexibility index (Phi) is 4.42. The van der Waals surface area contributed by atoms with Crippen LogP contribution in [-0.4, -0.2) is 8.42 Å². The summed E-state index contributed by atoms with van der Waals surface area (Å²) < 4.78 is 38.7. The Balaban J connectivity index is 2.11. The molecule has 2 aromatic rings. The number of anilines is 1. The molecule has 0 radical (unpaired) electrons. The quantitative estimate of drug-likeness (QED) is 0.931. The molecule has 2 rings (SSSR count). The highest BCUT2D eigenvalue weighted by Gasteiger charge is 2.05. The highest BCUT2D eigenvalue weighted by Crippen LogP contribution is 2.13. The van der Waals surface area contributed by atoms with E-state index in [1.165, 1.54) is 30.3 Å². The van der Waals surface area contributed by atoms with Crippen LogP contribution in [0, 0.1) is 5.82 Å². The van der Waals surface area contributed by atoms with Gasteiger partial charge in [-0.15, -0.1) is 0 Å². The van der Waals surface area contributed by atoms with E-state index in [0.29, 0.717) is 16.3 Å². The van der Waals surface area contributed by atoms with Gasteiger partial charge in [-0.3, -0.25) is 4.72 Å². The summed E-state index contributed by atoms with van der Waals surface area (Å²) in [6, 6.07) is 11.8. The lowest BCUT2D eigenvalue weighted by Crippen LogP contribution is -2.08. The Bertz CT molecular complexity index is 710. The zero-order chi connectivity index (χ0) is 14.6. The van der Waals surface area contributed by atoms with E-state index in [-0.39, 0.29) is 0 Å². The molecule has 2 aromatic carbocycles. The van der Waals surface area contributed by atoms with E-state index in [0.717, 1.165) is 5.41 Å². The molecule has 0 aliphatic heterocycles. The van der Waals surface area contributed by atoms with E-state index in [1.807, 2.05) is 0 Å². The molecule has 0 bridgehead atoms. The topological polar surface area (TPSA) is 46.2 Å². The molecule has 0 saturated carbocycles. The van der Waals surface area contributed by atoms with E-state index in [9.17, 15) is 12.8 Å². The monoisotopic (exact) mass is 311 g/mol. The molecule has 104 valence electrons. The smallest absolute Gasteiger partial charge is 0.255 e. The minimum absolute atomic E-state index is 0.298. The fraction of sp³-hybridized carbons (Fsp3) is 0. The lowest BCUT2D eigenvalue weighted by molar-refractivity contribution is 0.609. The SMILES string of the molecule is O=S(=O)(/C=C/c1ccc(Cl)cc1)Nc1ccc(F)cc1. The fourth-order valence-electron chi connectivity index (χ4n) is 1.46. The molecule has 3 nitrogen and oxygen atoms in total.